The van der Waals surface area contributed by atoms with E-state index < -0.39 is 0 Å². The van der Waals surface area contributed by atoms with Crippen molar-refractivity contribution in [1.82, 2.24) is 5.43 Å². The van der Waals surface area contributed by atoms with Gasteiger partial charge in [-0.05, 0) is 66.9 Å². The van der Waals surface area contributed by atoms with Gasteiger partial charge in [-0.15, -0.1) is 11.8 Å². The minimum absolute atomic E-state index is 0.162. The molecule has 2 aromatic carbocycles. The fraction of sp³-hybridized carbons (Fsp3) is 0.176. The minimum Gasteiger partial charge on any atom is -0.508 e. The molecule has 1 amide bonds. The van der Waals surface area contributed by atoms with Crippen LogP contribution in [0.1, 0.15) is 16.7 Å². The largest absolute Gasteiger partial charge is 0.508 e. The summed E-state index contributed by atoms with van der Waals surface area (Å²) in [6.45, 7) is 4.04. The highest BCUT2D eigenvalue weighted by molar-refractivity contribution is 9.10. The number of carbonyl (C=O) groups excluding carboxylic acids is 1. The average Bonchev–Trinajstić information content (AvgIpc) is 2.51. The van der Waals surface area contributed by atoms with Crippen molar-refractivity contribution in [1.29, 1.82) is 0 Å². The van der Waals surface area contributed by atoms with Crippen molar-refractivity contribution in [3.05, 3.63) is 57.6 Å². The van der Waals surface area contributed by atoms with Crippen LogP contribution in [0.3, 0.4) is 0 Å². The molecule has 0 atom stereocenters. The third-order valence-electron chi connectivity index (χ3n) is 3.11. The van der Waals surface area contributed by atoms with E-state index >= 15 is 0 Å². The molecule has 4 nitrogen and oxygen atoms in total. The molecule has 0 aromatic heterocycles. The van der Waals surface area contributed by atoms with Crippen LogP contribution in [0.4, 0.5) is 0 Å². The highest BCUT2D eigenvalue weighted by Crippen LogP contribution is 2.28. The highest BCUT2D eigenvalue weighted by Gasteiger charge is 2.06. The number of nitrogens with zero attached hydrogens (tertiary/aromatic N) is 1. The molecule has 2 N–H and O–H groups in total. The first-order chi connectivity index (χ1) is 11.0. The number of hydrogen-bond acceptors (Lipinski definition) is 4. The van der Waals surface area contributed by atoms with Crippen molar-refractivity contribution in [2.24, 2.45) is 5.10 Å². The fourth-order valence-electron chi connectivity index (χ4n) is 1.82. The Morgan fingerprint density at radius 2 is 1.96 bits per heavy atom. The quantitative estimate of drug-likeness (QED) is 0.458. The van der Waals surface area contributed by atoms with Crippen LogP contribution in [0.15, 0.2) is 50.9 Å². The molecule has 6 heteroatoms. The van der Waals surface area contributed by atoms with Crippen molar-refractivity contribution in [2.75, 3.05) is 5.75 Å². The number of amides is 1. The minimum atomic E-state index is -0.162. The zero-order valence-electron chi connectivity index (χ0n) is 12.8. The summed E-state index contributed by atoms with van der Waals surface area (Å²) < 4.78 is 1.07. The first-order valence-corrected chi connectivity index (χ1v) is 8.74. The van der Waals surface area contributed by atoms with Crippen molar-refractivity contribution in [3.8, 4) is 5.75 Å². The second kappa shape index (κ2) is 8.17. The maximum atomic E-state index is 11.8. The van der Waals surface area contributed by atoms with Crippen LogP contribution in [0.5, 0.6) is 5.75 Å². The molecule has 0 radical (unpaired) electrons. The van der Waals surface area contributed by atoms with Gasteiger partial charge in [0.15, 0.2) is 0 Å². The number of aromatic hydroxyl groups is 1. The maximum Gasteiger partial charge on any atom is 0.250 e. The number of halogens is 1. The fourth-order valence-corrected chi connectivity index (χ4v) is 3.18. The number of nitrogens with one attached hydrogen (secondary N) is 1. The number of hydrogen-bond donors (Lipinski definition) is 2. The van der Waals surface area contributed by atoms with E-state index in [2.05, 4.69) is 38.6 Å². The van der Waals surface area contributed by atoms with Crippen LogP contribution in [-0.4, -0.2) is 23.0 Å². The number of hydrazone groups is 1. The molecule has 0 spiro atoms. The van der Waals surface area contributed by atoms with Crippen molar-refractivity contribution in [2.45, 2.75) is 18.7 Å². The molecule has 2 aromatic rings. The summed E-state index contributed by atoms with van der Waals surface area (Å²) in [6.07, 6.45) is 1.54. The Balaban J connectivity index is 1.86. The Bertz CT molecular complexity index is 730. The molecule has 0 aliphatic heterocycles. The zero-order valence-corrected chi connectivity index (χ0v) is 15.2. The van der Waals surface area contributed by atoms with Crippen LogP contribution in [-0.2, 0) is 4.79 Å². The Labute approximate surface area is 148 Å². The van der Waals surface area contributed by atoms with Crippen LogP contribution in [0.2, 0.25) is 0 Å². The molecule has 0 aliphatic rings. The van der Waals surface area contributed by atoms with Crippen LogP contribution >= 0.6 is 27.7 Å². The van der Waals surface area contributed by atoms with E-state index in [1.54, 1.807) is 24.3 Å². The predicted octanol–water partition coefficient (Wildman–Crippen LogP) is 4.01. The average molecular weight is 393 g/mol. The van der Waals surface area contributed by atoms with Gasteiger partial charge in [0, 0.05) is 9.37 Å². The Kier molecular flexibility index (Phi) is 6.24. The first-order valence-electron chi connectivity index (χ1n) is 6.96. The molecule has 0 fully saturated rings. The van der Waals surface area contributed by atoms with Gasteiger partial charge in [0.1, 0.15) is 5.75 Å². The molecule has 120 valence electrons. The van der Waals surface area contributed by atoms with Gasteiger partial charge in [0.25, 0.3) is 0 Å². The molecule has 0 saturated heterocycles. The van der Waals surface area contributed by atoms with Crippen molar-refractivity contribution < 1.29 is 9.90 Å². The van der Waals surface area contributed by atoms with E-state index in [9.17, 15) is 9.90 Å². The van der Waals surface area contributed by atoms with E-state index in [1.165, 1.54) is 18.0 Å². The molecule has 0 bridgehead atoms. The molecular weight excluding hydrogens is 376 g/mol. The van der Waals surface area contributed by atoms with Gasteiger partial charge >= 0.3 is 0 Å². The zero-order chi connectivity index (χ0) is 16.8. The van der Waals surface area contributed by atoms with Gasteiger partial charge in [-0.3, -0.25) is 4.79 Å². The number of rotatable bonds is 5. The standard InChI is InChI=1S/C17H17BrN2O2S/c1-11-8-16(12(2)7-15(11)18)23-10-17(22)20-19-9-13-3-5-14(21)6-4-13/h3-9,21H,10H2,1-2H3,(H,20,22)/b19-9+. The number of phenolic OH excluding ortho intramolecular Hbond substituents is 1. The highest BCUT2D eigenvalue weighted by atomic mass is 79.9. The van der Waals surface area contributed by atoms with Crippen LogP contribution in [0, 0.1) is 13.8 Å². The monoisotopic (exact) mass is 392 g/mol. The molecule has 0 unspecified atom stereocenters. The molecule has 2 rings (SSSR count). The van der Waals surface area contributed by atoms with E-state index in [0.717, 1.165) is 26.1 Å². The Morgan fingerprint density at radius 3 is 2.65 bits per heavy atom. The van der Waals surface area contributed by atoms with Gasteiger partial charge in [-0.1, -0.05) is 15.9 Å². The smallest absolute Gasteiger partial charge is 0.250 e. The molecule has 0 saturated carbocycles. The maximum absolute atomic E-state index is 11.8. The second-order valence-electron chi connectivity index (χ2n) is 5.04. The number of aryl methyl sites for hydroxylation is 2. The summed E-state index contributed by atoms with van der Waals surface area (Å²) in [6, 6.07) is 10.7. The first kappa shape index (κ1) is 17.6. The van der Waals surface area contributed by atoms with Crippen molar-refractivity contribution >= 4 is 39.8 Å². The third kappa shape index (κ3) is 5.41. The SMILES string of the molecule is Cc1cc(SCC(=O)N/N=C/c2ccc(O)cc2)c(C)cc1Br. The summed E-state index contributed by atoms with van der Waals surface area (Å²) in [5.41, 5.74) is 5.58. The number of thioether (sulfide) groups is 1. The third-order valence-corrected chi connectivity index (χ3v) is 5.12. The Hall–Kier alpha value is -1.79. The topological polar surface area (TPSA) is 61.7 Å². The lowest BCUT2D eigenvalue weighted by molar-refractivity contribution is -0.118. The molecule has 0 heterocycles. The van der Waals surface area contributed by atoms with Crippen LogP contribution in [0.25, 0.3) is 0 Å². The number of carbonyl (C=O) groups is 1. The van der Waals surface area contributed by atoms with Crippen LogP contribution < -0.4 is 5.43 Å². The molecule has 23 heavy (non-hydrogen) atoms. The van der Waals surface area contributed by atoms with Gasteiger partial charge < -0.3 is 5.11 Å². The predicted molar refractivity (Wildman–Crippen MR) is 98.2 cm³/mol. The second-order valence-corrected chi connectivity index (χ2v) is 6.91. The normalized spacial score (nSPS) is 10.9. The van der Waals surface area contributed by atoms with Gasteiger partial charge in [0.05, 0.1) is 12.0 Å². The van der Waals surface area contributed by atoms with E-state index in [-0.39, 0.29) is 11.7 Å². The van der Waals surface area contributed by atoms with E-state index in [1.807, 2.05) is 13.8 Å². The lowest BCUT2D eigenvalue weighted by atomic mass is 10.2. The lowest BCUT2D eigenvalue weighted by Gasteiger charge is -2.08. The summed E-state index contributed by atoms with van der Waals surface area (Å²) >= 11 is 4.98. The van der Waals surface area contributed by atoms with E-state index in [0.29, 0.717) is 5.75 Å². The molecule has 0 aliphatic carbocycles. The Morgan fingerprint density at radius 1 is 1.26 bits per heavy atom. The van der Waals surface area contributed by atoms with E-state index in [4.69, 9.17) is 0 Å². The van der Waals surface area contributed by atoms with Gasteiger partial charge in [0.2, 0.25) is 5.91 Å². The molecular formula is C17H17BrN2O2S. The lowest BCUT2D eigenvalue weighted by Crippen LogP contribution is -2.19. The summed E-state index contributed by atoms with van der Waals surface area (Å²) in [5, 5.41) is 13.1. The summed E-state index contributed by atoms with van der Waals surface area (Å²) in [4.78, 5) is 12.9. The summed E-state index contributed by atoms with van der Waals surface area (Å²) in [7, 11) is 0. The summed E-state index contributed by atoms with van der Waals surface area (Å²) in [5.74, 6) is 0.335. The van der Waals surface area contributed by atoms with Gasteiger partial charge in [-0.2, -0.15) is 5.10 Å². The van der Waals surface area contributed by atoms with Gasteiger partial charge in [-0.25, -0.2) is 5.43 Å². The van der Waals surface area contributed by atoms with Crippen molar-refractivity contribution in [3.63, 3.8) is 0 Å². The number of phenols is 1. The number of benzene rings is 2.